The lowest BCUT2D eigenvalue weighted by Gasteiger charge is -2.12. The molecule has 0 fully saturated rings. The van der Waals surface area contributed by atoms with Crippen molar-refractivity contribution in [3.8, 4) is 0 Å². The Labute approximate surface area is 152 Å². The van der Waals surface area contributed by atoms with Gasteiger partial charge in [-0.1, -0.05) is 0 Å². The van der Waals surface area contributed by atoms with Crippen LogP contribution in [0.1, 0.15) is 0 Å². The van der Waals surface area contributed by atoms with E-state index in [-0.39, 0.29) is 11.4 Å². The van der Waals surface area contributed by atoms with Crippen LogP contribution in [-0.2, 0) is 19.1 Å². The number of halogens is 2. The Hall–Kier alpha value is -1.44. The highest BCUT2D eigenvalue weighted by molar-refractivity contribution is 14.1. The first-order chi connectivity index (χ1) is 10.3. The number of hydrogen-bond acceptors (Lipinski definition) is 7. The summed E-state index contributed by atoms with van der Waals surface area (Å²) in [4.78, 5) is 33.3. The van der Waals surface area contributed by atoms with E-state index in [1.807, 2.05) is 45.2 Å². The number of carbonyl (C=O) groups excluding carboxylic acids is 2. The summed E-state index contributed by atoms with van der Waals surface area (Å²) >= 11 is 3.78. The quantitative estimate of drug-likeness (QED) is 0.204. The van der Waals surface area contributed by atoms with E-state index in [1.54, 1.807) is 0 Å². The lowest BCUT2D eigenvalue weighted by atomic mass is 10.2. The molecule has 0 radical (unpaired) electrons. The maximum Gasteiger partial charge on any atom is 0.354 e. The number of nitrogens with one attached hydrogen (secondary N) is 1. The first-order valence-electron chi connectivity index (χ1n) is 5.58. The molecule has 0 saturated heterocycles. The zero-order chi connectivity index (χ0) is 16.9. The molecule has 1 aromatic carbocycles. The molecular formula is C12H10I2N2O6. The van der Waals surface area contributed by atoms with Crippen molar-refractivity contribution in [3.05, 3.63) is 41.2 Å². The van der Waals surface area contributed by atoms with Crippen LogP contribution in [0.3, 0.4) is 0 Å². The van der Waals surface area contributed by atoms with E-state index in [0.717, 1.165) is 6.08 Å². The van der Waals surface area contributed by atoms with E-state index >= 15 is 0 Å². The number of methoxy groups -OCH3 is 2. The predicted octanol–water partition coefficient (Wildman–Crippen LogP) is 2.45. The van der Waals surface area contributed by atoms with Gasteiger partial charge in [-0.25, -0.2) is 9.59 Å². The standard InChI is InChI=1S/C12H10I2N2O6/c1-21-10(17)5-9(12(18)22-2)15-11-7(13)3-6(16(19)20)4-8(11)14/h3-5,15H,1-2H3/b9-5+. The van der Waals surface area contributed by atoms with Crippen LogP contribution in [-0.4, -0.2) is 31.1 Å². The molecule has 1 rings (SSSR count). The smallest absolute Gasteiger partial charge is 0.354 e. The summed E-state index contributed by atoms with van der Waals surface area (Å²) in [6.07, 6.45) is 0.944. The van der Waals surface area contributed by atoms with Gasteiger partial charge in [0.05, 0.1) is 30.9 Å². The molecule has 118 valence electrons. The second kappa shape index (κ2) is 8.26. The van der Waals surface area contributed by atoms with Gasteiger partial charge in [0.25, 0.3) is 5.69 Å². The van der Waals surface area contributed by atoms with Crippen molar-refractivity contribution >= 4 is 68.5 Å². The summed E-state index contributed by atoms with van der Waals surface area (Å²) < 4.78 is 10.1. The summed E-state index contributed by atoms with van der Waals surface area (Å²) in [5, 5.41) is 13.6. The number of hydrogen-bond donors (Lipinski definition) is 1. The molecule has 0 bridgehead atoms. The van der Waals surface area contributed by atoms with Crippen molar-refractivity contribution in [2.75, 3.05) is 19.5 Å². The molecule has 22 heavy (non-hydrogen) atoms. The Morgan fingerprint density at radius 1 is 1.23 bits per heavy atom. The molecule has 0 aliphatic carbocycles. The number of nitro groups is 1. The molecule has 1 aromatic rings. The largest absolute Gasteiger partial charge is 0.466 e. The minimum atomic E-state index is -0.768. The van der Waals surface area contributed by atoms with E-state index in [4.69, 9.17) is 0 Å². The number of carbonyl (C=O) groups is 2. The second-order valence-electron chi connectivity index (χ2n) is 3.74. The van der Waals surface area contributed by atoms with Gasteiger partial charge in [0.15, 0.2) is 0 Å². The highest BCUT2D eigenvalue weighted by atomic mass is 127. The van der Waals surface area contributed by atoms with Crippen LogP contribution >= 0.6 is 45.2 Å². The minimum absolute atomic E-state index is 0.0732. The Morgan fingerprint density at radius 3 is 2.18 bits per heavy atom. The molecule has 0 aromatic heterocycles. The van der Waals surface area contributed by atoms with Crippen molar-refractivity contribution in [3.63, 3.8) is 0 Å². The Kier molecular flexibility index (Phi) is 6.99. The summed E-state index contributed by atoms with van der Waals surface area (Å²) in [6.45, 7) is 0. The highest BCUT2D eigenvalue weighted by Gasteiger charge is 2.18. The fourth-order valence-corrected chi connectivity index (χ4v) is 3.36. The van der Waals surface area contributed by atoms with Crippen LogP contribution < -0.4 is 5.32 Å². The maximum atomic E-state index is 11.7. The Morgan fingerprint density at radius 2 is 1.77 bits per heavy atom. The number of ether oxygens (including phenoxy) is 2. The van der Waals surface area contributed by atoms with Crippen molar-refractivity contribution in [1.82, 2.24) is 0 Å². The SMILES string of the molecule is COC(=O)/C=C(/Nc1c(I)cc([N+](=O)[O-])cc1I)C(=O)OC. The lowest BCUT2D eigenvalue weighted by Crippen LogP contribution is -2.16. The van der Waals surface area contributed by atoms with Crippen molar-refractivity contribution < 1.29 is 24.0 Å². The first kappa shape index (κ1) is 18.6. The summed E-state index contributed by atoms with van der Waals surface area (Å²) in [6, 6.07) is 2.69. The van der Waals surface area contributed by atoms with E-state index in [9.17, 15) is 19.7 Å². The molecule has 0 saturated carbocycles. The number of anilines is 1. The monoisotopic (exact) mass is 532 g/mol. The molecule has 10 heteroatoms. The summed E-state index contributed by atoms with van der Waals surface area (Å²) in [7, 11) is 2.34. The topological polar surface area (TPSA) is 108 Å². The van der Waals surface area contributed by atoms with Gasteiger partial charge in [-0.3, -0.25) is 10.1 Å². The molecule has 0 amide bonds. The van der Waals surface area contributed by atoms with E-state index in [1.165, 1.54) is 26.4 Å². The predicted molar refractivity (Wildman–Crippen MR) is 94.3 cm³/mol. The van der Waals surface area contributed by atoms with Gasteiger partial charge in [0.2, 0.25) is 0 Å². The second-order valence-corrected chi connectivity index (χ2v) is 6.06. The molecule has 0 spiro atoms. The molecule has 0 atom stereocenters. The van der Waals surface area contributed by atoms with E-state index in [2.05, 4.69) is 14.8 Å². The number of benzene rings is 1. The number of rotatable bonds is 5. The zero-order valence-electron chi connectivity index (χ0n) is 11.4. The van der Waals surface area contributed by atoms with Gasteiger partial charge >= 0.3 is 11.9 Å². The molecule has 1 N–H and O–H groups in total. The van der Waals surface area contributed by atoms with Crippen LogP contribution in [0.4, 0.5) is 11.4 Å². The van der Waals surface area contributed by atoms with Gasteiger partial charge in [-0.2, -0.15) is 0 Å². The fraction of sp³-hybridized carbons (Fsp3) is 0.167. The van der Waals surface area contributed by atoms with Gasteiger partial charge < -0.3 is 14.8 Å². The lowest BCUT2D eigenvalue weighted by molar-refractivity contribution is -0.385. The fourth-order valence-electron chi connectivity index (χ4n) is 1.35. The molecule has 0 unspecified atom stereocenters. The molecule has 0 heterocycles. The van der Waals surface area contributed by atoms with Crippen LogP contribution in [0.2, 0.25) is 0 Å². The van der Waals surface area contributed by atoms with Crippen molar-refractivity contribution in [1.29, 1.82) is 0 Å². The van der Waals surface area contributed by atoms with Gasteiger partial charge in [-0.05, 0) is 45.2 Å². The average Bonchev–Trinajstić information content (AvgIpc) is 2.48. The summed E-state index contributed by atoms with van der Waals surface area (Å²) in [5.41, 5.74) is 0.238. The third-order valence-electron chi connectivity index (χ3n) is 2.37. The molecule has 8 nitrogen and oxygen atoms in total. The number of nitrogens with zero attached hydrogens (tertiary/aromatic N) is 1. The normalized spacial score (nSPS) is 10.8. The van der Waals surface area contributed by atoms with Gasteiger partial charge in [0.1, 0.15) is 5.70 Å². The van der Waals surface area contributed by atoms with Crippen LogP contribution in [0.25, 0.3) is 0 Å². The van der Waals surface area contributed by atoms with Crippen molar-refractivity contribution in [2.45, 2.75) is 0 Å². The number of esters is 2. The molecular weight excluding hydrogens is 522 g/mol. The first-order valence-corrected chi connectivity index (χ1v) is 7.74. The van der Waals surface area contributed by atoms with Crippen LogP contribution in [0, 0.1) is 17.3 Å². The third kappa shape index (κ3) is 4.79. The third-order valence-corrected chi connectivity index (χ3v) is 4.07. The molecule has 0 aliphatic heterocycles. The zero-order valence-corrected chi connectivity index (χ0v) is 15.7. The number of nitro benzene ring substituents is 1. The van der Waals surface area contributed by atoms with Gasteiger partial charge in [0, 0.05) is 19.3 Å². The Balaban J connectivity index is 3.24. The van der Waals surface area contributed by atoms with Gasteiger partial charge in [-0.15, -0.1) is 0 Å². The number of non-ortho nitro benzene ring substituents is 1. The minimum Gasteiger partial charge on any atom is -0.466 e. The van der Waals surface area contributed by atoms with Crippen LogP contribution in [0.15, 0.2) is 23.9 Å². The maximum absolute atomic E-state index is 11.7. The Bertz CT molecular complexity index is 636. The van der Waals surface area contributed by atoms with Crippen LogP contribution in [0.5, 0.6) is 0 Å². The van der Waals surface area contributed by atoms with Crippen molar-refractivity contribution in [2.24, 2.45) is 0 Å². The summed E-state index contributed by atoms with van der Waals surface area (Å²) in [5.74, 6) is -1.50. The molecule has 0 aliphatic rings. The average molecular weight is 532 g/mol. The highest BCUT2D eigenvalue weighted by Crippen LogP contribution is 2.30. The van der Waals surface area contributed by atoms with E-state index < -0.39 is 16.9 Å². The van der Waals surface area contributed by atoms with E-state index in [0.29, 0.717) is 12.8 Å².